The van der Waals surface area contributed by atoms with Gasteiger partial charge in [-0.15, -0.1) is 22.7 Å². The standard InChI is InChI=1S/C19H17N3O2S2/c1-11-16(26-19(20-11)15-6-3-9-25-15)18(24)22-14-5-2-4-13(10-14)21-17(23)12-7-8-12/h2-6,9-10,12H,7-8H2,1H3,(H,21,23)(H,22,24). The molecule has 5 nitrogen and oxygen atoms in total. The van der Waals surface area contributed by atoms with Crippen molar-refractivity contribution in [1.29, 1.82) is 0 Å². The SMILES string of the molecule is Cc1nc(-c2cccs2)sc1C(=O)Nc1cccc(NC(=O)C2CC2)c1. The zero-order chi connectivity index (χ0) is 18.1. The molecule has 1 saturated carbocycles. The summed E-state index contributed by atoms with van der Waals surface area (Å²) in [6.45, 7) is 1.84. The van der Waals surface area contributed by atoms with Gasteiger partial charge in [-0.3, -0.25) is 9.59 Å². The minimum absolute atomic E-state index is 0.0485. The van der Waals surface area contributed by atoms with Crippen LogP contribution in [0.3, 0.4) is 0 Å². The van der Waals surface area contributed by atoms with Crippen molar-refractivity contribution in [2.24, 2.45) is 5.92 Å². The third-order valence-corrected chi connectivity index (χ3v) is 6.27. The monoisotopic (exact) mass is 383 g/mol. The Morgan fingerprint density at radius 1 is 1.12 bits per heavy atom. The molecule has 1 aliphatic carbocycles. The van der Waals surface area contributed by atoms with Gasteiger partial charge >= 0.3 is 0 Å². The number of thiophene rings is 1. The van der Waals surface area contributed by atoms with Gasteiger partial charge in [-0.25, -0.2) is 4.98 Å². The molecule has 2 heterocycles. The van der Waals surface area contributed by atoms with Gasteiger partial charge in [-0.05, 0) is 49.4 Å². The number of rotatable bonds is 5. The van der Waals surface area contributed by atoms with E-state index in [1.165, 1.54) is 11.3 Å². The largest absolute Gasteiger partial charge is 0.326 e. The minimum atomic E-state index is -0.187. The average Bonchev–Trinajstić information content (AvgIpc) is 3.18. The van der Waals surface area contributed by atoms with Crippen LogP contribution in [0.15, 0.2) is 41.8 Å². The summed E-state index contributed by atoms with van der Waals surface area (Å²) < 4.78 is 0. The number of aromatic nitrogens is 1. The van der Waals surface area contributed by atoms with Crippen LogP contribution in [0.1, 0.15) is 28.2 Å². The first-order valence-corrected chi connectivity index (χ1v) is 10.0. The first kappa shape index (κ1) is 16.9. The highest BCUT2D eigenvalue weighted by Gasteiger charge is 2.29. The Morgan fingerprint density at radius 2 is 1.88 bits per heavy atom. The van der Waals surface area contributed by atoms with Gasteiger partial charge in [0.15, 0.2) is 0 Å². The van der Waals surface area contributed by atoms with Gasteiger partial charge in [0.1, 0.15) is 9.88 Å². The first-order chi connectivity index (χ1) is 12.6. The Kier molecular flexibility index (Phi) is 4.57. The van der Waals surface area contributed by atoms with Crippen LogP contribution < -0.4 is 10.6 Å². The molecule has 1 aromatic carbocycles. The maximum atomic E-state index is 12.6. The van der Waals surface area contributed by atoms with E-state index >= 15 is 0 Å². The van der Waals surface area contributed by atoms with Crippen LogP contribution in [0, 0.1) is 12.8 Å². The van der Waals surface area contributed by atoms with E-state index in [4.69, 9.17) is 0 Å². The Labute approximate surface area is 159 Å². The summed E-state index contributed by atoms with van der Waals surface area (Å²) in [5.74, 6) is 0.00426. The van der Waals surface area contributed by atoms with Crippen LogP contribution in [0.5, 0.6) is 0 Å². The van der Waals surface area contributed by atoms with Crippen LogP contribution in [0.4, 0.5) is 11.4 Å². The maximum absolute atomic E-state index is 12.6. The predicted octanol–water partition coefficient (Wildman–Crippen LogP) is 4.78. The summed E-state index contributed by atoms with van der Waals surface area (Å²) in [5, 5.41) is 8.64. The van der Waals surface area contributed by atoms with Gasteiger partial charge in [0, 0.05) is 17.3 Å². The van der Waals surface area contributed by atoms with E-state index in [1.54, 1.807) is 23.5 Å². The summed E-state index contributed by atoms with van der Waals surface area (Å²) in [6.07, 6.45) is 1.92. The van der Waals surface area contributed by atoms with Crippen molar-refractivity contribution in [2.45, 2.75) is 19.8 Å². The van der Waals surface area contributed by atoms with Gasteiger partial charge in [-0.1, -0.05) is 12.1 Å². The third kappa shape index (κ3) is 3.68. The molecule has 7 heteroatoms. The fraction of sp³-hybridized carbons (Fsp3) is 0.211. The van der Waals surface area contributed by atoms with E-state index < -0.39 is 0 Å². The highest BCUT2D eigenvalue weighted by atomic mass is 32.1. The number of carbonyl (C=O) groups excluding carboxylic acids is 2. The zero-order valence-electron chi connectivity index (χ0n) is 14.1. The molecule has 2 amide bonds. The number of nitrogens with zero attached hydrogens (tertiary/aromatic N) is 1. The lowest BCUT2D eigenvalue weighted by Crippen LogP contribution is -2.14. The van der Waals surface area contributed by atoms with Crippen molar-refractivity contribution in [3.63, 3.8) is 0 Å². The second-order valence-electron chi connectivity index (χ2n) is 6.21. The molecule has 3 aromatic rings. The molecule has 0 aliphatic heterocycles. The fourth-order valence-electron chi connectivity index (χ4n) is 2.57. The summed E-state index contributed by atoms with van der Waals surface area (Å²) in [6, 6.07) is 11.2. The molecule has 26 heavy (non-hydrogen) atoms. The molecule has 0 saturated heterocycles. The average molecular weight is 383 g/mol. The number of hydrogen-bond donors (Lipinski definition) is 2. The fourth-order valence-corrected chi connectivity index (χ4v) is 4.32. The van der Waals surface area contributed by atoms with Gasteiger partial charge in [0.05, 0.1) is 10.6 Å². The van der Waals surface area contributed by atoms with Crippen LogP contribution in [-0.2, 0) is 4.79 Å². The number of thiazole rings is 1. The number of nitrogens with one attached hydrogen (secondary N) is 2. The lowest BCUT2D eigenvalue weighted by Gasteiger charge is -2.08. The number of amides is 2. The summed E-state index contributed by atoms with van der Waals surface area (Å²) in [5.41, 5.74) is 2.06. The van der Waals surface area contributed by atoms with Gasteiger partial charge in [-0.2, -0.15) is 0 Å². The molecule has 0 spiro atoms. The van der Waals surface area contributed by atoms with Crippen LogP contribution in [0.2, 0.25) is 0 Å². The molecular formula is C19H17N3O2S2. The van der Waals surface area contributed by atoms with E-state index in [9.17, 15) is 9.59 Å². The van der Waals surface area contributed by atoms with E-state index in [0.29, 0.717) is 21.9 Å². The molecule has 4 rings (SSSR count). The van der Waals surface area contributed by atoms with Crippen LogP contribution in [0.25, 0.3) is 9.88 Å². The second kappa shape index (κ2) is 7.01. The van der Waals surface area contributed by atoms with Crippen molar-refractivity contribution >= 4 is 45.9 Å². The van der Waals surface area contributed by atoms with E-state index in [-0.39, 0.29) is 17.7 Å². The number of anilines is 2. The summed E-state index contributed by atoms with van der Waals surface area (Å²) >= 11 is 2.99. The molecule has 132 valence electrons. The summed E-state index contributed by atoms with van der Waals surface area (Å²) in [7, 11) is 0. The molecular weight excluding hydrogens is 366 g/mol. The first-order valence-electron chi connectivity index (χ1n) is 8.34. The van der Waals surface area contributed by atoms with Gasteiger partial charge in [0.2, 0.25) is 5.91 Å². The minimum Gasteiger partial charge on any atom is -0.326 e. The van der Waals surface area contributed by atoms with Crippen molar-refractivity contribution < 1.29 is 9.59 Å². The highest BCUT2D eigenvalue weighted by molar-refractivity contribution is 7.22. The Morgan fingerprint density at radius 3 is 2.58 bits per heavy atom. The topological polar surface area (TPSA) is 71.1 Å². The van der Waals surface area contributed by atoms with Crippen molar-refractivity contribution in [2.75, 3.05) is 10.6 Å². The number of carbonyl (C=O) groups is 2. The Hall–Kier alpha value is -2.51. The van der Waals surface area contributed by atoms with Crippen molar-refractivity contribution in [3.8, 4) is 9.88 Å². The number of hydrogen-bond acceptors (Lipinski definition) is 5. The third-order valence-electron chi connectivity index (χ3n) is 4.07. The van der Waals surface area contributed by atoms with Crippen LogP contribution >= 0.6 is 22.7 Å². The Balaban J connectivity index is 1.49. The van der Waals surface area contributed by atoms with E-state index in [2.05, 4.69) is 15.6 Å². The second-order valence-corrected chi connectivity index (χ2v) is 8.16. The zero-order valence-corrected chi connectivity index (χ0v) is 15.7. The smallest absolute Gasteiger partial charge is 0.267 e. The lowest BCUT2D eigenvalue weighted by molar-refractivity contribution is -0.117. The van der Waals surface area contributed by atoms with Crippen LogP contribution in [-0.4, -0.2) is 16.8 Å². The lowest BCUT2D eigenvalue weighted by atomic mass is 10.2. The van der Waals surface area contributed by atoms with E-state index in [0.717, 1.165) is 22.7 Å². The molecule has 0 atom stereocenters. The predicted molar refractivity (Wildman–Crippen MR) is 106 cm³/mol. The van der Waals surface area contributed by atoms with Gasteiger partial charge in [0.25, 0.3) is 5.91 Å². The number of benzene rings is 1. The molecule has 2 N–H and O–H groups in total. The summed E-state index contributed by atoms with van der Waals surface area (Å²) in [4.78, 5) is 30.7. The number of aryl methyl sites for hydroxylation is 1. The van der Waals surface area contributed by atoms with Crippen molar-refractivity contribution in [3.05, 3.63) is 52.3 Å². The van der Waals surface area contributed by atoms with Crippen molar-refractivity contribution in [1.82, 2.24) is 4.98 Å². The normalized spacial score (nSPS) is 13.4. The molecule has 1 aliphatic rings. The maximum Gasteiger partial charge on any atom is 0.267 e. The quantitative estimate of drug-likeness (QED) is 0.666. The van der Waals surface area contributed by atoms with E-state index in [1.807, 2.05) is 36.6 Å². The molecule has 0 unspecified atom stereocenters. The molecule has 2 aromatic heterocycles. The van der Waals surface area contributed by atoms with Gasteiger partial charge < -0.3 is 10.6 Å². The highest BCUT2D eigenvalue weighted by Crippen LogP contribution is 2.32. The molecule has 1 fully saturated rings. The molecule has 0 bridgehead atoms. The molecule has 0 radical (unpaired) electrons. The Bertz CT molecular complexity index is 959.